The maximum atomic E-state index is 3.51. The van der Waals surface area contributed by atoms with Crippen molar-refractivity contribution in [3.05, 3.63) is 100 Å². The second-order valence-electron chi connectivity index (χ2n) is 5.39. The quantitative estimate of drug-likeness (QED) is 0.529. The van der Waals surface area contributed by atoms with E-state index >= 15 is 0 Å². The highest BCUT2D eigenvalue weighted by Crippen LogP contribution is 2.23. The summed E-state index contributed by atoms with van der Waals surface area (Å²) in [6, 6.07) is 25.5. The van der Waals surface area contributed by atoms with Crippen LogP contribution < -0.4 is 5.32 Å². The second kappa shape index (κ2) is 10.1. The minimum atomic E-state index is 0. The Labute approximate surface area is 154 Å². The van der Waals surface area contributed by atoms with Crippen LogP contribution in [0.4, 0.5) is 0 Å². The van der Waals surface area contributed by atoms with Crippen molar-refractivity contribution in [3.8, 4) is 0 Å². The van der Waals surface area contributed by atoms with Crippen LogP contribution in [0, 0.1) is 0 Å². The number of hydrogen-bond acceptors (Lipinski definition) is 2. The van der Waals surface area contributed by atoms with Crippen LogP contribution in [0.15, 0.2) is 84.3 Å². The fourth-order valence-corrected chi connectivity index (χ4v) is 3.26. The zero-order valence-corrected chi connectivity index (χ0v) is 15.2. The molecule has 0 aliphatic heterocycles. The van der Waals surface area contributed by atoms with Crippen molar-refractivity contribution < 1.29 is 0 Å². The molecule has 0 bridgehead atoms. The zero-order valence-electron chi connectivity index (χ0n) is 13.5. The molecule has 0 aliphatic carbocycles. The molecular weight excluding hydrogens is 334 g/mol. The molecule has 0 fully saturated rings. The van der Waals surface area contributed by atoms with Gasteiger partial charge in [-0.1, -0.05) is 72.8 Å². The van der Waals surface area contributed by atoms with Crippen molar-refractivity contribution in [2.75, 3.05) is 6.54 Å². The maximum absolute atomic E-state index is 3.51. The molecular formula is C21H22ClNS. The van der Waals surface area contributed by atoms with E-state index in [1.165, 1.54) is 21.6 Å². The molecule has 0 spiro atoms. The molecule has 3 heteroatoms. The Morgan fingerprint density at radius 3 is 2.00 bits per heavy atom. The highest BCUT2D eigenvalue weighted by Gasteiger charge is 2.03. The van der Waals surface area contributed by atoms with E-state index in [1.54, 1.807) is 11.3 Å². The minimum Gasteiger partial charge on any atom is -0.312 e. The predicted octanol–water partition coefficient (Wildman–Crippen LogP) is 5.78. The smallest absolute Gasteiger partial charge is 0.0299 e. The molecule has 124 valence electrons. The van der Waals surface area contributed by atoms with E-state index < -0.39 is 0 Å². The van der Waals surface area contributed by atoms with Crippen LogP contribution in [0.5, 0.6) is 0 Å². The summed E-state index contributed by atoms with van der Waals surface area (Å²) >= 11 is 1.80. The monoisotopic (exact) mass is 355 g/mol. The number of halogens is 1. The van der Waals surface area contributed by atoms with E-state index in [9.17, 15) is 0 Å². The Balaban J connectivity index is 0.00000208. The van der Waals surface area contributed by atoms with Gasteiger partial charge in [0.1, 0.15) is 0 Å². The van der Waals surface area contributed by atoms with Crippen molar-refractivity contribution in [3.63, 3.8) is 0 Å². The first kappa shape index (κ1) is 18.5. The van der Waals surface area contributed by atoms with Crippen LogP contribution in [0.1, 0.15) is 22.4 Å². The summed E-state index contributed by atoms with van der Waals surface area (Å²) in [7, 11) is 0. The summed E-state index contributed by atoms with van der Waals surface area (Å²) in [6.45, 7) is 1.94. The van der Waals surface area contributed by atoms with Gasteiger partial charge < -0.3 is 5.32 Å². The molecule has 1 heterocycles. The van der Waals surface area contributed by atoms with Crippen LogP contribution in [-0.4, -0.2) is 6.54 Å². The molecule has 24 heavy (non-hydrogen) atoms. The summed E-state index contributed by atoms with van der Waals surface area (Å²) in [4.78, 5) is 1.39. The largest absolute Gasteiger partial charge is 0.312 e. The predicted molar refractivity (Wildman–Crippen MR) is 108 cm³/mol. The molecule has 1 N–H and O–H groups in total. The van der Waals surface area contributed by atoms with Crippen molar-refractivity contribution in [1.29, 1.82) is 0 Å². The van der Waals surface area contributed by atoms with Crippen LogP contribution in [0.25, 0.3) is 5.57 Å². The number of nitrogens with one attached hydrogen (secondary N) is 1. The van der Waals surface area contributed by atoms with Gasteiger partial charge in [-0.15, -0.1) is 23.7 Å². The summed E-state index contributed by atoms with van der Waals surface area (Å²) in [5.74, 6) is 0. The average Bonchev–Trinajstić information content (AvgIpc) is 3.13. The lowest BCUT2D eigenvalue weighted by molar-refractivity contribution is 0.703. The maximum Gasteiger partial charge on any atom is 0.0299 e. The molecule has 0 aliphatic rings. The van der Waals surface area contributed by atoms with Gasteiger partial charge in [0, 0.05) is 11.4 Å². The van der Waals surface area contributed by atoms with Crippen LogP contribution in [0.3, 0.4) is 0 Å². The Morgan fingerprint density at radius 1 is 0.833 bits per heavy atom. The Kier molecular flexibility index (Phi) is 7.76. The number of rotatable bonds is 7. The highest BCUT2D eigenvalue weighted by molar-refractivity contribution is 7.09. The summed E-state index contributed by atoms with van der Waals surface area (Å²) < 4.78 is 0. The third-order valence-electron chi connectivity index (χ3n) is 3.72. The molecule has 3 rings (SSSR count). The van der Waals surface area contributed by atoms with Crippen molar-refractivity contribution >= 4 is 29.3 Å². The fraction of sp³-hybridized carbons (Fsp3) is 0.143. The van der Waals surface area contributed by atoms with E-state index in [-0.39, 0.29) is 12.4 Å². The van der Waals surface area contributed by atoms with Gasteiger partial charge in [0.25, 0.3) is 0 Å². The molecule has 0 unspecified atom stereocenters. The van der Waals surface area contributed by atoms with Crippen LogP contribution in [-0.2, 0) is 6.54 Å². The third kappa shape index (κ3) is 5.34. The first-order valence-electron chi connectivity index (χ1n) is 7.97. The van der Waals surface area contributed by atoms with Crippen LogP contribution >= 0.6 is 23.7 Å². The van der Waals surface area contributed by atoms with E-state index in [4.69, 9.17) is 0 Å². The van der Waals surface area contributed by atoms with E-state index in [1.807, 2.05) is 0 Å². The minimum absolute atomic E-state index is 0. The normalized spacial score (nSPS) is 10.0. The van der Waals surface area contributed by atoms with Gasteiger partial charge in [0.15, 0.2) is 0 Å². The molecule has 3 aromatic rings. The molecule has 0 saturated heterocycles. The third-order valence-corrected chi connectivity index (χ3v) is 4.59. The van der Waals surface area contributed by atoms with Gasteiger partial charge >= 0.3 is 0 Å². The standard InChI is InChI=1S/C21H21NS.ClH/c1-3-9-18(10-4-1)21(19-11-5-2-6-12-19)14-7-15-22-17-20-13-8-16-23-20;/h1-6,8-14,16,22H,7,15,17H2;1H. The van der Waals surface area contributed by atoms with Gasteiger partial charge in [-0.25, -0.2) is 0 Å². The van der Waals surface area contributed by atoms with Crippen molar-refractivity contribution in [2.24, 2.45) is 0 Å². The van der Waals surface area contributed by atoms with E-state index in [2.05, 4.69) is 89.6 Å². The summed E-state index contributed by atoms with van der Waals surface area (Å²) in [5, 5.41) is 5.64. The molecule has 0 saturated carbocycles. The first-order valence-corrected chi connectivity index (χ1v) is 8.85. The summed E-state index contributed by atoms with van der Waals surface area (Å²) in [5.41, 5.74) is 3.86. The molecule has 0 amide bonds. The molecule has 0 radical (unpaired) electrons. The molecule has 0 atom stereocenters. The van der Waals surface area contributed by atoms with Gasteiger partial charge in [0.05, 0.1) is 0 Å². The highest BCUT2D eigenvalue weighted by atomic mass is 35.5. The fourth-order valence-electron chi connectivity index (χ4n) is 2.58. The second-order valence-corrected chi connectivity index (χ2v) is 6.43. The first-order chi connectivity index (χ1) is 11.4. The van der Waals surface area contributed by atoms with E-state index in [0.717, 1.165) is 19.5 Å². The number of thiophene rings is 1. The Bertz CT molecular complexity index is 680. The SMILES string of the molecule is C(CCNCc1cccs1)=C(c1ccccc1)c1ccccc1.Cl. The lowest BCUT2D eigenvalue weighted by atomic mass is 9.97. The lowest BCUT2D eigenvalue weighted by Gasteiger charge is -2.09. The summed E-state index contributed by atoms with van der Waals surface area (Å²) in [6.07, 6.45) is 3.36. The Morgan fingerprint density at radius 2 is 1.46 bits per heavy atom. The molecule has 2 aromatic carbocycles. The van der Waals surface area contributed by atoms with Crippen molar-refractivity contribution in [1.82, 2.24) is 5.32 Å². The van der Waals surface area contributed by atoms with Gasteiger partial charge in [-0.2, -0.15) is 0 Å². The van der Waals surface area contributed by atoms with E-state index in [0.29, 0.717) is 0 Å². The topological polar surface area (TPSA) is 12.0 Å². The Hall–Kier alpha value is -1.87. The van der Waals surface area contributed by atoms with Crippen LogP contribution in [0.2, 0.25) is 0 Å². The molecule has 1 nitrogen and oxygen atoms in total. The van der Waals surface area contributed by atoms with Gasteiger partial charge in [0.2, 0.25) is 0 Å². The van der Waals surface area contributed by atoms with Crippen molar-refractivity contribution in [2.45, 2.75) is 13.0 Å². The lowest BCUT2D eigenvalue weighted by Crippen LogP contribution is -2.13. The zero-order chi connectivity index (χ0) is 15.7. The molecule has 1 aromatic heterocycles. The number of hydrogen-bond donors (Lipinski definition) is 1. The average molecular weight is 356 g/mol. The number of benzene rings is 2. The van der Waals surface area contributed by atoms with Gasteiger partial charge in [-0.3, -0.25) is 0 Å². The van der Waals surface area contributed by atoms with Gasteiger partial charge in [-0.05, 0) is 41.1 Å².